The van der Waals surface area contributed by atoms with Crippen molar-refractivity contribution in [3.8, 4) is 11.5 Å². The fourth-order valence-electron chi connectivity index (χ4n) is 2.23. The molecule has 1 atom stereocenters. The van der Waals surface area contributed by atoms with E-state index in [4.69, 9.17) is 25.5 Å². The molecule has 128 valence electrons. The number of likely N-dealkylation sites (N-methyl/N-ethyl adjacent to an activating group) is 1. The number of carbonyl (C=O) groups is 1. The molecule has 0 aliphatic carbocycles. The molecule has 2 aromatic rings. The summed E-state index contributed by atoms with van der Waals surface area (Å²) in [6.45, 7) is 1.90. The molecule has 1 amide bonds. The number of amides is 1. The van der Waals surface area contributed by atoms with Crippen LogP contribution in [0.25, 0.3) is 6.08 Å². The molecule has 0 spiro atoms. The maximum Gasteiger partial charge on any atom is 0.246 e. The topological polar surface area (TPSA) is 51.9 Å². The monoisotopic (exact) mass is 349 g/mol. The van der Waals surface area contributed by atoms with Gasteiger partial charge in [0.1, 0.15) is 5.76 Å². The van der Waals surface area contributed by atoms with E-state index in [-0.39, 0.29) is 11.9 Å². The van der Waals surface area contributed by atoms with Crippen molar-refractivity contribution in [1.29, 1.82) is 0 Å². The van der Waals surface area contributed by atoms with Crippen molar-refractivity contribution in [2.75, 3.05) is 21.3 Å². The predicted octanol–water partition coefficient (Wildman–Crippen LogP) is 4.18. The molecule has 0 bridgehead atoms. The Labute approximate surface area is 146 Å². The van der Waals surface area contributed by atoms with Crippen LogP contribution in [0.5, 0.6) is 11.5 Å². The number of hydrogen-bond donors (Lipinski definition) is 0. The number of rotatable bonds is 6. The van der Waals surface area contributed by atoms with E-state index in [1.807, 2.05) is 13.0 Å². The molecule has 0 saturated heterocycles. The Kier molecular flexibility index (Phi) is 5.93. The van der Waals surface area contributed by atoms with Crippen LogP contribution in [0, 0.1) is 0 Å². The van der Waals surface area contributed by atoms with Crippen LogP contribution in [-0.4, -0.2) is 32.1 Å². The highest BCUT2D eigenvalue weighted by molar-refractivity contribution is 6.32. The van der Waals surface area contributed by atoms with Gasteiger partial charge in [-0.05, 0) is 42.8 Å². The van der Waals surface area contributed by atoms with Crippen LogP contribution in [0.2, 0.25) is 5.02 Å². The normalized spacial score (nSPS) is 12.2. The highest BCUT2D eigenvalue weighted by atomic mass is 35.5. The lowest BCUT2D eigenvalue weighted by Crippen LogP contribution is -2.27. The molecular formula is C18H20ClNO4. The van der Waals surface area contributed by atoms with Crippen LogP contribution in [-0.2, 0) is 4.79 Å². The van der Waals surface area contributed by atoms with E-state index in [9.17, 15) is 4.79 Å². The highest BCUT2D eigenvalue weighted by Crippen LogP contribution is 2.36. The quantitative estimate of drug-likeness (QED) is 0.734. The van der Waals surface area contributed by atoms with Gasteiger partial charge in [0.25, 0.3) is 0 Å². The van der Waals surface area contributed by atoms with E-state index in [1.165, 1.54) is 20.3 Å². The molecule has 0 radical (unpaired) electrons. The maximum atomic E-state index is 12.3. The SMILES string of the molecule is COc1cc(/C=C/C(=O)N(C)C(C)c2ccco2)cc(Cl)c1OC. The molecule has 2 rings (SSSR count). The second-order valence-electron chi connectivity index (χ2n) is 5.21. The largest absolute Gasteiger partial charge is 0.493 e. The molecule has 1 unspecified atom stereocenters. The Morgan fingerprint density at radius 3 is 2.67 bits per heavy atom. The van der Waals surface area contributed by atoms with Crippen molar-refractivity contribution in [2.45, 2.75) is 13.0 Å². The van der Waals surface area contributed by atoms with Crippen molar-refractivity contribution in [3.05, 3.63) is 53.0 Å². The van der Waals surface area contributed by atoms with E-state index in [1.54, 1.807) is 42.5 Å². The number of furan rings is 1. The number of nitrogens with zero attached hydrogens (tertiary/aromatic N) is 1. The first-order chi connectivity index (χ1) is 11.5. The van der Waals surface area contributed by atoms with Gasteiger partial charge in [-0.15, -0.1) is 0 Å². The van der Waals surface area contributed by atoms with Crippen LogP contribution < -0.4 is 9.47 Å². The molecule has 0 aliphatic heterocycles. The summed E-state index contributed by atoms with van der Waals surface area (Å²) in [5, 5.41) is 0.418. The number of methoxy groups -OCH3 is 2. The van der Waals surface area contributed by atoms with Gasteiger partial charge in [-0.3, -0.25) is 4.79 Å². The minimum atomic E-state index is -0.161. The Morgan fingerprint density at radius 2 is 2.08 bits per heavy atom. The van der Waals surface area contributed by atoms with Gasteiger partial charge in [0.15, 0.2) is 11.5 Å². The Bertz CT molecular complexity index is 725. The second kappa shape index (κ2) is 7.93. The zero-order valence-corrected chi connectivity index (χ0v) is 14.8. The average Bonchev–Trinajstić information content (AvgIpc) is 3.12. The third-order valence-electron chi connectivity index (χ3n) is 3.76. The lowest BCUT2D eigenvalue weighted by Gasteiger charge is -2.21. The van der Waals surface area contributed by atoms with E-state index in [0.717, 1.165) is 11.3 Å². The third kappa shape index (κ3) is 3.92. The van der Waals surface area contributed by atoms with Crippen LogP contribution in [0.4, 0.5) is 0 Å². The standard InChI is InChI=1S/C18H20ClNO4/c1-12(15-6-5-9-24-15)20(2)17(21)8-7-13-10-14(19)18(23-4)16(11-13)22-3/h5-12H,1-4H3/b8-7+. The minimum Gasteiger partial charge on any atom is -0.493 e. The van der Waals surface area contributed by atoms with Crippen LogP contribution in [0.3, 0.4) is 0 Å². The zero-order valence-electron chi connectivity index (χ0n) is 14.1. The predicted molar refractivity (Wildman–Crippen MR) is 93.5 cm³/mol. The summed E-state index contributed by atoms with van der Waals surface area (Å²) in [6.07, 6.45) is 4.75. The maximum absolute atomic E-state index is 12.3. The summed E-state index contributed by atoms with van der Waals surface area (Å²) < 4.78 is 15.8. The van der Waals surface area contributed by atoms with E-state index >= 15 is 0 Å². The highest BCUT2D eigenvalue weighted by Gasteiger charge is 2.17. The van der Waals surface area contributed by atoms with Gasteiger partial charge in [-0.25, -0.2) is 0 Å². The Balaban J connectivity index is 2.15. The number of carbonyl (C=O) groups excluding carboxylic acids is 1. The number of hydrogen-bond acceptors (Lipinski definition) is 4. The van der Waals surface area contributed by atoms with Gasteiger partial charge in [0, 0.05) is 13.1 Å². The summed E-state index contributed by atoms with van der Waals surface area (Å²) in [6, 6.07) is 6.94. The lowest BCUT2D eigenvalue weighted by atomic mass is 10.1. The van der Waals surface area contributed by atoms with Crippen molar-refractivity contribution in [3.63, 3.8) is 0 Å². The molecular weight excluding hydrogens is 330 g/mol. The molecule has 1 aromatic heterocycles. The number of ether oxygens (including phenoxy) is 2. The summed E-state index contributed by atoms with van der Waals surface area (Å²) >= 11 is 6.16. The molecule has 0 aliphatic rings. The van der Waals surface area contributed by atoms with Crippen LogP contribution >= 0.6 is 11.6 Å². The average molecular weight is 350 g/mol. The Hall–Kier alpha value is -2.40. The van der Waals surface area contributed by atoms with Crippen LogP contribution in [0.1, 0.15) is 24.3 Å². The molecule has 0 fully saturated rings. The summed E-state index contributed by atoms with van der Waals surface area (Å²) in [4.78, 5) is 13.9. The van der Waals surface area contributed by atoms with Gasteiger partial charge in [0.2, 0.25) is 5.91 Å². The minimum absolute atomic E-state index is 0.148. The fourth-order valence-corrected chi connectivity index (χ4v) is 2.53. The molecule has 0 saturated carbocycles. The smallest absolute Gasteiger partial charge is 0.246 e. The summed E-state index contributed by atoms with van der Waals surface area (Å²) in [5.41, 5.74) is 0.741. The summed E-state index contributed by atoms with van der Waals surface area (Å²) in [7, 11) is 4.78. The molecule has 0 N–H and O–H groups in total. The van der Waals surface area contributed by atoms with Crippen LogP contribution in [0.15, 0.2) is 41.0 Å². The van der Waals surface area contributed by atoms with Gasteiger partial charge in [-0.2, -0.15) is 0 Å². The van der Waals surface area contributed by atoms with Crippen molar-refractivity contribution < 1.29 is 18.7 Å². The van der Waals surface area contributed by atoms with E-state index < -0.39 is 0 Å². The first-order valence-corrected chi connectivity index (χ1v) is 7.75. The van der Waals surface area contributed by atoms with Crippen molar-refractivity contribution >= 4 is 23.6 Å². The van der Waals surface area contributed by atoms with E-state index in [0.29, 0.717) is 16.5 Å². The molecule has 5 nitrogen and oxygen atoms in total. The van der Waals surface area contributed by atoms with Crippen molar-refractivity contribution in [2.24, 2.45) is 0 Å². The molecule has 6 heteroatoms. The van der Waals surface area contributed by atoms with Crippen molar-refractivity contribution in [1.82, 2.24) is 4.90 Å². The first-order valence-electron chi connectivity index (χ1n) is 7.37. The third-order valence-corrected chi connectivity index (χ3v) is 4.04. The fraction of sp³-hybridized carbons (Fsp3) is 0.278. The van der Waals surface area contributed by atoms with Gasteiger partial charge < -0.3 is 18.8 Å². The Morgan fingerprint density at radius 1 is 1.33 bits per heavy atom. The molecule has 1 aromatic carbocycles. The van der Waals surface area contributed by atoms with E-state index in [2.05, 4.69) is 0 Å². The lowest BCUT2D eigenvalue weighted by molar-refractivity contribution is -0.126. The molecule has 24 heavy (non-hydrogen) atoms. The summed E-state index contributed by atoms with van der Waals surface area (Å²) in [5.74, 6) is 1.55. The van der Waals surface area contributed by atoms with Gasteiger partial charge in [-0.1, -0.05) is 11.6 Å². The van der Waals surface area contributed by atoms with Gasteiger partial charge in [0.05, 0.1) is 31.5 Å². The zero-order chi connectivity index (χ0) is 17.7. The number of benzene rings is 1. The second-order valence-corrected chi connectivity index (χ2v) is 5.62. The van der Waals surface area contributed by atoms with Gasteiger partial charge >= 0.3 is 0 Å². The first kappa shape index (κ1) is 17.9. The number of halogens is 1. The molecule has 1 heterocycles.